The van der Waals surface area contributed by atoms with Gasteiger partial charge in [0.2, 0.25) is 0 Å². The monoisotopic (exact) mass is 310 g/mol. The minimum Gasteiger partial charge on any atom is -0.490 e. The van der Waals surface area contributed by atoms with Crippen LogP contribution in [0, 0.1) is 5.92 Å². The molecule has 0 aromatic heterocycles. The van der Waals surface area contributed by atoms with Gasteiger partial charge in [0, 0.05) is 0 Å². The average Bonchev–Trinajstić information content (AvgIpc) is 2.46. The summed E-state index contributed by atoms with van der Waals surface area (Å²) < 4.78 is 11.6. The van der Waals surface area contributed by atoms with Gasteiger partial charge in [-0.25, -0.2) is 0 Å². The van der Waals surface area contributed by atoms with Gasteiger partial charge in [0.25, 0.3) is 0 Å². The molecule has 1 atom stereocenters. The normalized spacial score (nSPS) is 16.3. The molecule has 0 radical (unpaired) electrons. The molecule has 118 valence electrons. The van der Waals surface area contributed by atoms with Crippen molar-refractivity contribution in [2.45, 2.75) is 57.7 Å². The van der Waals surface area contributed by atoms with Crippen molar-refractivity contribution in [3.8, 4) is 11.5 Å². The zero-order valence-electron chi connectivity index (χ0n) is 13.2. The Balaban J connectivity index is 2.06. The van der Waals surface area contributed by atoms with Crippen molar-refractivity contribution in [1.82, 2.24) is 0 Å². The van der Waals surface area contributed by atoms with Gasteiger partial charge in [-0.15, -0.1) is 11.6 Å². The van der Waals surface area contributed by atoms with E-state index in [0.29, 0.717) is 13.2 Å². The van der Waals surface area contributed by atoms with Crippen LogP contribution in [0.2, 0.25) is 0 Å². The molecule has 21 heavy (non-hydrogen) atoms. The summed E-state index contributed by atoms with van der Waals surface area (Å²) >= 11 is 6.58. The highest BCUT2D eigenvalue weighted by molar-refractivity contribution is 6.20. The zero-order chi connectivity index (χ0) is 15.1. The molecule has 0 spiro atoms. The number of ether oxygens (including phenoxy) is 2. The van der Waals surface area contributed by atoms with E-state index in [-0.39, 0.29) is 5.38 Å². The number of hydrogen-bond donors (Lipinski definition) is 0. The molecule has 0 amide bonds. The highest BCUT2D eigenvalue weighted by Crippen LogP contribution is 2.40. The fraction of sp³-hybridized carbons (Fsp3) is 0.667. The predicted octanol–water partition coefficient (Wildman–Crippen LogP) is 5.73. The van der Waals surface area contributed by atoms with Crippen LogP contribution in [0.4, 0.5) is 0 Å². The molecule has 0 heterocycles. The van der Waals surface area contributed by atoms with Crippen molar-refractivity contribution < 1.29 is 9.47 Å². The third kappa shape index (κ3) is 4.81. The maximum Gasteiger partial charge on any atom is 0.161 e. The second kappa shape index (κ2) is 8.53. The lowest BCUT2D eigenvalue weighted by Crippen LogP contribution is -2.13. The van der Waals surface area contributed by atoms with Gasteiger partial charge in [-0.05, 0) is 42.9 Å². The molecule has 3 heteroatoms. The first-order chi connectivity index (χ1) is 10.2. The van der Waals surface area contributed by atoms with Gasteiger partial charge in [0.15, 0.2) is 11.5 Å². The molecule has 1 aromatic carbocycles. The van der Waals surface area contributed by atoms with Gasteiger partial charge < -0.3 is 9.47 Å². The number of alkyl halides is 1. The van der Waals surface area contributed by atoms with Crippen LogP contribution in [-0.2, 0) is 0 Å². The van der Waals surface area contributed by atoms with Gasteiger partial charge >= 0.3 is 0 Å². The van der Waals surface area contributed by atoms with Crippen molar-refractivity contribution in [2.75, 3.05) is 13.2 Å². The van der Waals surface area contributed by atoms with Crippen molar-refractivity contribution in [2.24, 2.45) is 5.92 Å². The Hall–Kier alpha value is -0.890. The van der Waals surface area contributed by atoms with E-state index in [0.717, 1.165) is 42.2 Å². The van der Waals surface area contributed by atoms with E-state index >= 15 is 0 Å². The Bertz CT molecular complexity index is 429. The second-order valence-electron chi connectivity index (χ2n) is 5.90. The van der Waals surface area contributed by atoms with E-state index in [1.807, 2.05) is 6.07 Å². The molecule has 0 N–H and O–H groups in total. The van der Waals surface area contributed by atoms with Crippen LogP contribution in [-0.4, -0.2) is 13.2 Å². The van der Waals surface area contributed by atoms with E-state index in [2.05, 4.69) is 26.0 Å². The van der Waals surface area contributed by atoms with E-state index in [1.54, 1.807) is 0 Å². The fourth-order valence-corrected chi connectivity index (χ4v) is 2.92. The second-order valence-corrected chi connectivity index (χ2v) is 6.43. The Morgan fingerprint density at radius 3 is 2.33 bits per heavy atom. The molecule has 1 fully saturated rings. The van der Waals surface area contributed by atoms with Gasteiger partial charge in [-0.3, -0.25) is 0 Å². The largest absolute Gasteiger partial charge is 0.490 e. The summed E-state index contributed by atoms with van der Waals surface area (Å²) in [7, 11) is 0. The molecular weight excluding hydrogens is 284 g/mol. The first-order valence-corrected chi connectivity index (χ1v) is 8.71. The smallest absolute Gasteiger partial charge is 0.161 e. The third-order valence-corrected chi connectivity index (χ3v) is 4.45. The summed E-state index contributed by atoms with van der Waals surface area (Å²) in [6.07, 6.45) is 7.09. The van der Waals surface area contributed by atoms with Crippen molar-refractivity contribution in [3.05, 3.63) is 23.8 Å². The Morgan fingerprint density at radius 1 is 1.10 bits per heavy atom. The lowest BCUT2D eigenvalue weighted by molar-refractivity contribution is 0.267. The first-order valence-electron chi connectivity index (χ1n) is 8.28. The average molecular weight is 311 g/mol. The summed E-state index contributed by atoms with van der Waals surface area (Å²) in [5.74, 6) is 2.48. The van der Waals surface area contributed by atoms with Crippen LogP contribution in [0.3, 0.4) is 0 Å². The molecule has 0 saturated heterocycles. The van der Waals surface area contributed by atoms with Crippen LogP contribution < -0.4 is 9.47 Å². The number of benzene rings is 1. The Labute approximate surface area is 133 Å². The van der Waals surface area contributed by atoms with Gasteiger partial charge in [-0.2, -0.15) is 0 Å². The maximum atomic E-state index is 6.58. The zero-order valence-corrected chi connectivity index (χ0v) is 14.0. The molecule has 2 rings (SSSR count). The molecule has 1 aliphatic rings. The minimum absolute atomic E-state index is 0.0829. The molecular formula is C18H27ClO2. The van der Waals surface area contributed by atoms with Crippen molar-refractivity contribution in [1.29, 1.82) is 0 Å². The van der Waals surface area contributed by atoms with E-state index in [1.165, 1.54) is 19.3 Å². The molecule has 2 nitrogen and oxygen atoms in total. The standard InChI is InChI=1S/C18H27ClO2/c1-3-10-20-17-9-8-15(13-18(17)21-11-4-2)16(19)12-14-6-5-7-14/h8-9,13-14,16H,3-7,10-12H2,1-2H3. The Kier molecular flexibility index (Phi) is 6.69. The molecule has 0 bridgehead atoms. The number of hydrogen-bond acceptors (Lipinski definition) is 2. The minimum atomic E-state index is 0.0829. The van der Waals surface area contributed by atoms with Gasteiger partial charge in [-0.1, -0.05) is 39.2 Å². The summed E-state index contributed by atoms with van der Waals surface area (Å²) in [4.78, 5) is 0. The third-order valence-electron chi connectivity index (χ3n) is 4.02. The molecule has 1 aromatic rings. The van der Waals surface area contributed by atoms with E-state index in [4.69, 9.17) is 21.1 Å². The number of halogens is 1. The topological polar surface area (TPSA) is 18.5 Å². The van der Waals surface area contributed by atoms with Gasteiger partial charge in [0.1, 0.15) is 0 Å². The van der Waals surface area contributed by atoms with Gasteiger partial charge in [0.05, 0.1) is 18.6 Å². The SMILES string of the molecule is CCCOc1ccc(C(Cl)CC2CCC2)cc1OCCC. The Morgan fingerprint density at radius 2 is 1.76 bits per heavy atom. The van der Waals surface area contributed by atoms with Crippen molar-refractivity contribution in [3.63, 3.8) is 0 Å². The lowest BCUT2D eigenvalue weighted by atomic mass is 9.81. The van der Waals surface area contributed by atoms with Crippen LogP contribution >= 0.6 is 11.6 Å². The summed E-state index contributed by atoms with van der Waals surface area (Å²) in [6.45, 7) is 5.64. The molecule has 1 aliphatic carbocycles. The van der Waals surface area contributed by atoms with Crippen LogP contribution in [0.15, 0.2) is 18.2 Å². The molecule has 1 saturated carbocycles. The van der Waals surface area contributed by atoms with E-state index in [9.17, 15) is 0 Å². The van der Waals surface area contributed by atoms with E-state index < -0.39 is 0 Å². The summed E-state index contributed by atoms with van der Waals surface area (Å²) in [6, 6.07) is 6.16. The maximum absolute atomic E-state index is 6.58. The van der Waals surface area contributed by atoms with Crippen molar-refractivity contribution >= 4 is 11.6 Å². The molecule has 0 aliphatic heterocycles. The summed E-state index contributed by atoms with van der Waals surface area (Å²) in [5, 5.41) is 0.0829. The summed E-state index contributed by atoms with van der Waals surface area (Å²) in [5.41, 5.74) is 1.15. The lowest BCUT2D eigenvalue weighted by Gasteiger charge is -2.27. The quantitative estimate of drug-likeness (QED) is 0.542. The highest BCUT2D eigenvalue weighted by Gasteiger charge is 2.22. The van der Waals surface area contributed by atoms with Crippen LogP contribution in [0.1, 0.15) is 63.3 Å². The number of rotatable bonds is 9. The fourth-order valence-electron chi connectivity index (χ4n) is 2.53. The first kappa shape index (κ1) is 16.5. The highest BCUT2D eigenvalue weighted by atomic mass is 35.5. The van der Waals surface area contributed by atoms with Crippen LogP contribution in [0.25, 0.3) is 0 Å². The van der Waals surface area contributed by atoms with Crippen LogP contribution in [0.5, 0.6) is 11.5 Å². The molecule has 1 unspecified atom stereocenters. The predicted molar refractivity (Wildman–Crippen MR) is 88.6 cm³/mol.